The van der Waals surface area contributed by atoms with Crippen LogP contribution in [0.3, 0.4) is 0 Å². The van der Waals surface area contributed by atoms with Crippen molar-refractivity contribution in [2.45, 2.75) is 13.3 Å². The van der Waals surface area contributed by atoms with E-state index in [0.717, 1.165) is 6.42 Å². The summed E-state index contributed by atoms with van der Waals surface area (Å²) in [6.45, 7) is 10.3. The molecule has 18 heavy (non-hydrogen) atoms. The van der Waals surface area contributed by atoms with Gasteiger partial charge in [0.2, 0.25) is 6.85 Å². The fourth-order valence-corrected chi connectivity index (χ4v) is 2.00. The van der Waals surface area contributed by atoms with Crippen molar-refractivity contribution in [3.8, 4) is 0 Å². The Morgan fingerprint density at radius 3 is 1.89 bits per heavy atom. The van der Waals surface area contributed by atoms with Crippen LogP contribution in [0.2, 0.25) is 0 Å². The van der Waals surface area contributed by atoms with Gasteiger partial charge < -0.3 is 14.0 Å². The second-order valence-electron chi connectivity index (χ2n) is 3.94. The van der Waals surface area contributed by atoms with Crippen LogP contribution in [0.15, 0.2) is 25.3 Å². The number of halogens is 2. The van der Waals surface area contributed by atoms with E-state index in [1.165, 1.54) is 0 Å². The Morgan fingerprint density at radius 2 is 1.56 bits per heavy atom. The van der Waals surface area contributed by atoms with Crippen molar-refractivity contribution in [2.75, 3.05) is 33.0 Å². The molecule has 0 aromatic rings. The molecule has 0 unspecified atom stereocenters. The number of rotatable bonds is 12. The largest absolute Gasteiger partial charge is 0.377 e. The van der Waals surface area contributed by atoms with Crippen molar-refractivity contribution < 1.29 is 14.0 Å². The van der Waals surface area contributed by atoms with Crippen LogP contribution < -0.4 is 0 Å². The lowest BCUT2D eigenvalue weighted by atomic mass is 9.88. The topological polar surface area (TPSA) is 27.7 Å². The molecule has 0 aromatic carbocycles. The standard InChI is InChI=1S/C12H21Cl2O3P/c1-4-7-15-9-12(6-3,10-16-8-5-2)11-17-18(13)14/h4-5H,1-2,6-11H2,3H3. The lowest BCUT2D eigenvalue weighted by Gasteiger charge is -2.31. The zero-order valence-corrected chi connectivity index (χ0v) is 13.1. The molecule has 0 rings (SSSR count). The Bertz CT molecular complexity index is 223. The summed E-state index contributed by atoms with van der Waals surface area (Å²) < 4.78 is 16.4. The maximum atomic E-state index is 5.66. The minimum atomic E-state index is -1.41. The van der Waals surface area contributed by atoms with Crippen LogP contribution in [0, 0.1) is 5.41 Å². The van der Waals surface area contributed by atoms with E-state index in [1.54, 1.807) is 12.2 Å². The molecule has 0 N–H and O–H groups in total. The van der Waals surface area contributed by atoms with Crippen molar-refractivity contribution in [3.63, 3.8) is 0 Å². The third kappa shape index (κ3) is 8.47. The highest BCUT2D eigenvalue weighted by atomic mass is 35.9. The van der Waals surface area contributed by atoms with Gasteiger partial charge in [-0.25, -0.2) is 0 Å². The highest BCUT2D eigenvalue weighted by molar-refractivity contribution is 8.00. The molecule has 0 fully saturated rings. The van der Waals surface area contributed by atoms with Gasteiger partial charge in [0, 0.05) is 5.41 Å². The minimum Gasteiger partial charge on any atom is -0.377 e. The monoisotopic (exact) mass is 314 g/mol. The molecule has 0 aliphatic rings. The highest BCUT2D eigenvalue weighted by Gasteiger charge is 2.30. The van der Waals surface area contributed by atoms with Crippen molar-refractivity contribution in [1.29, 1.82) is 0 Å². The maximum absolute atomic E-state index is 5.66. The molecule has 0 atom stereocenters. The van der Waals surface area contributed by atoms with Gasteiger partial charge in [-0.15, -0.1) is 13.2 Å². The van der Waals surface area contributed by atoms with Crippen molar-refractivity contribution in [1.82, 2.24) is 0 Å². The molecule has 0 aliphatic carbocycles. The van der Waals surface area contributed by atoms with E-state index in [1.807, 2.05) is 0 Å². The Hall–Kier alpha value is 0.370. The average Bonchev–Trinajstić information content (AvgIpc) is 2.36. The summed E-state index contributed by atoms with van der Waals surface area (Å²) in [5.74, 6) is 0. The molecule has 106 valence electrons. The predicted molar refractivity (Wildman–Crippen MR) is 79.3 cm³/mol. The van der Waals surface area contributed by atoms with Crippen molar-refractivity contribution >= 4 is 29.3 Å². The van der Waals surface area contributed by atoms with Crippen LogP contribution in [0.25, 0.3) is 0 Å². The van der Waals surface area contributed by atoms with Crippen molar-refractivity contribution in [3.05, 3.63) is 25.3 Å². The summed E-state index contributed by atoms with van der Waals surface area (Å²) in [7, 11) is 0. The lowest BCUT2D eigenvalue weighted by Crippen LogP contribution is -2.36. The second-order valence-corrected chi connectivity index (χ2v) is 6.96. The van der Waals surface area contributed by atoms with E-state index in [9.17, 15) is 0 Å². The van der Waals surface area contributed by atoms with Crippen LogP contribution in [0.1, 0.15) is 13.3 Å². The highest BCUT2D eigenvalue weighted by Crippen LogP contribution is 2.49. The third-order valence-corrected chi connectivity index (χ3v) is 3.42. The van der Waals surface area contributed by atoms with E-state index >= 15 is 0 Å². The van der Waals surface area contributed by atoms with E-state index < -0.39 is 6.85 Å². The number of ether oxygens (including phenoxy) is 2. The van der Waals surface area contributed by atoms with Gasteiger partial charge in [-0.05, 0) is 28.9 Å². The molecule has 0 aromatic heterocycles. The number of hydrogen-bond donors (Lipinski definition) is 0. The quantitative estimate of drug-likeness (QED) is 0.301. The molecular weight excluding hydrogens is 294 g/mol. The van der Waals surface area contributed by atoms with Gasteiger partial charge in [0.05, 0.1) is 33.0 Å². The molecular formula is C12H21Cl2O3P. The molecule has 3 nitrogen and oxygen atoms in total. The summed E-state index contributed by atoms with van der Waals surface area (Å²) in [5.41, 5.74) is -0.240. The van der Waals surface area contributed by atoms with E-state index in [4.69, 9.17) is 36.5 Å². The summed E-state index contributed by atoms with van der Waals surface area (Å²) in [4.78, 5) is 0. The first-order valence-electron chi connectivity index (χ1n) is 5.72. The van der Waals surface area contributed by atoms with Crippen LogP contribution in [0.4, 0.5) is 0 Å². The Morgan fingerprint density at radius 1 is 1.06 bits per heavy atom. The van der Waals surface area contributed by atoms with Crippen LogP contribution >= 0.6 is 29.3 Å². The first kappa shape index (κ1) is 18.4. The summed E-state index contributed by atoms with van der Waals surface area (Å²) in [6, 6.07) is 0. The second kappa shape index (κ2) is 11.2. The smallest absolute Gasteiger partial charge is 0.225 e. The molecule has 0 saturated carbocycles. The summed E-state index contributed by atoms with van der Waals surface area (Å²) in [5, 5.41) is 0. The number of hydrogen-bond acceptors (Lipinski definition) is 3. The maximum Gasteiger partial charge on any atom is 0.225 e. The molecule has 0 radical (unpaired) electrons. The summed E-state index contributed by atoms with van der Waals surface area (Å²) >= 11 is 11.3. The normalized spacial score (nSPS) is 11.8. The zero-order chi connectivity index (χ0) is 13.9. The molecule has 0 spiro atoms. The zero-order valence-electron chi connectivity index (χ0n) is 10.7. The molecule has 0 bridgehead atoms. The molecule has 0 amide bonds. The van der Waals surface area contributed by atoms with Crippen LogP contribution in [0.5, 0.6) is 0 Å². The van der Waals surface area contributed by atoms with Gasteiger partial charge in [0.15, 0.2) is 0 Å². The van der Waals surface area contributed by atoms with Gasteiger partial charge in [-0.1, -0.05) is 19.1 Å². The Balaban J connectivity index is 4.38. The molecule has 6 heteroatoms. The minimum absolute atomic E-state index is 0.240. The molecule has 0 heterocycles. The van der Waals surface area contributed by atoms with Gasteiger partial charge in [0.1, 0.15) is 0 Å². The summed E-state index contributed by atoms with van der Waals surface area (Å²) in [6.07, 6.45) is 4.27. The molecule has 0 aliphatic heterocycles. The fourth-order valence-electron chi connectivity index (χ4n) is 1.33. The Kier molecular flexibility index (Phi) is 11.4. The fraction of sp³-hybridized carbons (Fsp3) is 0.667. The molecule has 0 saturated heterocycles. The van der Waals surface area contributed by atoms with E-state index in [2.05, 4.69) is 20.1 Å². The predicted octanol–water partition coefficient (Wildman–Crippen LogP) is 4.51. The van der Waals surface area contributed by atoms with Gasteiger partial charge in [-0.2, -0.15) is 0 Å². The van der Waals surface area contributed by atoms with E-state index in [0.29, 0.717) is 33.0 Å². The van der Waals surface area contributed by atoms with Gasteiger partial charge in [0.25, 0.3) is 0 Å². The van der Waals surface area contributed by atoms with Gasteiger partial charge >= 0.3 is 0 Å². The SMILES string of the molecule is C=CCOCC(CC)(COCC=C)COP(Cl)Cl. The van der Waals surface area contributed by atoms with E-state index in [-0.39, 0.29) is 5.41 Å². The van der Waals surface area contributed by atoms with Crippen molar-refractivity contribution in [2.24, 2.45) is 5.41 Å². The van der Waals surface area contributed by atoms with Gasteiger partial charge in [-0.3, -0.25) is 0 Å². The van der Waals surface area contributed by atoms with Crippen LogP contribution in [-0.2, 0) is 14.0 Å². The third-order valence-electron chi connectivity index (χ3n) is 2.51. The van der Waals surface area contributed by atoms with Crippen LogP contribution in [-0.4, -0.2) is 33.0 Å². The first-order chi connectivity index (χ1) is 8.60. The average molecular weight is 315 g/mol. The first-order valence-corrected chi connectivity index (χ1v) is 8.79. The lowest BCUT2D eigenvalue weighted by molar-refractivity contribution is -0.0338. The Labute approximate surface area is 120 Å².